The van der Waals surface area contributed by atoms with Crippen LogP contribution in [0.3, 0.4) is 0 Å². The second kappa shape index (κ2) is 7.46. The van der Waals surface area contributed by atoms with Crippen molar-refractivity contribution >= 4 is 0 Å². The van der Waals surface area contributed by atoms with E-state index in [0.29, 0.717) is 11.5 Å². The Morgan fingerprint density at radius 3 is 2.53 bits per heavy atom. The highest BCUT2D eigenvalue weighted by Gasteiger charge is 2.65. The van der Waals surface area contributed by atoms with Crippen LogP contribution in [0.25, 0.3) is 23.0 Å². The van der Waals surface area contributed by atoms with E-state index in [0.717, 1.165) is 29.8 Å². The van der Waals surface area contributed by atoms with Gasteiger partial charge in [0, 0.05) is 6.20 Å². The van der Waals surface area contributed by atoms with E-state index in [9.17, 15) is 13.9 Å². The quantitative estimate of drug-likeness (QED) is 0.416. The summed E-state index contributed by atoms with van der Waals surface area (Å²) in [6, 6.07) is 7.43. The fraction of sp³-hybridized carbons (Fsp3) is 0.370. The number of aromatic nitrogens is 5. The van der Waals surface area contributed by atoms with Gasteiger partial charge in [-0.2, -0.15) is 5.10 Å². The van der Waals surface area contributed by atoms with Crippen LogP contribution >= 0.6 is 0 Å². The monoisotopic (exact) mass is 489 g/mol. The Labute approximate surface area is 206 Å². The minimum absolute atomic E-state index is 0.124. The molecule has 0 saturated heterocycles. The van der Waals surface area contributed by atoms with Gasteiger partial charge in [-0.05, 0) is 67.9 Å². The van der Waals surface area contributed by atoms with E-state index < -0.39 is 22.7 Å². The van der Waals surface area contributed by atoms with E-state index in [2.05, 4.69) is 34.0 Å². The normalized spacial score (nSPS) is 22.1. The van der Waals surface area contributed by atoms with E-state index >= 15 is 0 Å². The number of oxazole rings is 1. The van der Waals surface area contributed by atoms with Crippen LogP contribution < -0.4 is 0 Å². The van der Waals surface area contributed by atoms with Crippen molar-refractivity contribution in [2.75, 3.05) is 0 Å². The molecule has 2 aliphatic rings. The molecule has 1 N–H and O–H groups in total. The van der Waals surface area contributed by atoms with Crippen molar-refractivity contribution < 1.29 is 18.3 Å². The molecule has 1 saturated carbocycles. The largest absolute Gasteiger partial charge is 0.442 e. The molecule has 2 aliphatic carbocycles. The molecule has 4 aromatic rings. The molecule has 36 heavy (non-hydrogen) atoms. The number of benzene rings is 1. The minimum Gasteiger partial charge on any atom is -0.442 e. The van der Waals surface area contributed by atoms with Gasteiger partial charge < -0.3 is 9.52 Å². The molecule has 9 heteroatoms. The zero-order valence-corrected chi connectivity index (χ0v) is 20.4. The third-order valence-electron chi connectivity index (χ3n) is 8.02. The van der Waals surface area contributed by atoms with Gasteiger partial charge in [-0.1, -0.05) is 19.9 Å². The third-order valence-corrected chi connectivity index (χ3v) is 8.02. The van der Waals surface area contributed by atoms with Gasteiger partial charge in [-0.25, -0.2) is 23.7 Å². The summed E-state index contributed by atoms with van der Waals surface area (Å²) in [6.45, 7) is 7.60. The molecular weight excluding hydrogens is 464 g/mol. The average molecular weight is 490 g/mol. The van der Waals surface area contributed by atoms with Crippen LogP contribution in [0.1, 0.15) is 69.1 Å². The van der Waals surface area contributed by atoms with Crippen LogP contribution in [-0.2, 0) is 11.0 Å². The summed E-state index contributed by atoms with van der Waals surface area (Å²) in [7, 11) is 0. The van der Waals surface area contributed by atoms with Gasteiger partial charge in [0.1, 0.15) is 29.2 Å². The minimum atomic E-state index is -1.16. The maximum Gasteiger partial charge on any atom is 0.265 e. The van der Waals surface area contributed by atoms with E-state index in [4.69, 9.17) is 9.40 Å². The van der Waals surface area contributed by atoms with E-state index in [1.54, 1.807) is 26.1 Å². The first-order valence-corrected chi connectivity index (χ1v) is 11.9. The van der Waals surface area contributed by atoms with E-state index in [-0.39, 0.29) is 28.5 Å². The van der Waals surface area contributed by atoms with Gasteiger partial charge in [0.25, 0.3) is 5.89 Å². The number of aliphatic hydroxyl groups is 1. The van der Waals surface area contributed by atoms with Gasteiger partial charge in [-0.15, -0.1) is 5.10 Å². The van der Waals surface area contributed by atoms with Gasteiger partial charge >= 0.3 is 0 Å². The fourth-order valence-corrected chi connectivity index (χ4v) is 6.11. The maximum absolute atomic E-state index is 14.5. The standard InChI is InChI=1S/C27H25F2N5O2/c1-25(2)15-8-10-27(25,19-9-11-30-23(31-19)24-32-20(13-36-24)26(3,4)35)22-14(15)12-18(33-34-22)21-16(28)6-5-7-17(21)29/h5-7,9,11-13,15,35H,8,10H2,1-4H3/t15-,27-/m0/s1. The number of nitrogens with zero attached hydrogens (tertiary/aromatic N) is 5. The predicted molar refractivity (Wildman–Crippen MR) is 127 cm³/mol. The molecule has 2 atom stereocenters. The Kier molecular flexibility index (Phi) is 4.73. The lowest BCUT2D eigenvalue weighted by Crippen LogP contribution is -2.38. The van der Waals surface area contributed by atoms with Crippen molar-refractivity contribution in [1.29, 1.82) is 0 Å². The lowest BCUT2D eigenvalue weighted by molar-refractivity contribution is 0.0738. The SMILES string of the molecule is CC(C)(O)c1coc(-c2nccc([C@@]34CC[C@@H](c5cc(-c6c(F)cccc6F)nnc53)C4(C)C)n2)n1. The number of hydrogen-bond donors (Lipinski definition) is 1. The fourth-order valence-electron chi connectivity index (χ4n) is 6.11. The zero-order valence-electron chi connectivity index (χ0n) is 20.4. The average Bonchev–Trinajstić information content (AvgIpc) is 3.48. The highest BCUT2D eigenvalue weighted by atomic mass is 19.1. The smallest absolute Gasteiger partial charge is 0.265 e. The summed E-state index contributed by atoms with van der Waals surface area (Å²) in [5.41, 5.74) is 0.888. The molecule has 0 unspecified atom stereocenters. The lowest BCUT2D eigenvalue weighted by atomic mass is 9.66. The molecule has 1 fully saturated rings. The molecule has 0 spiro atoms. The van der Waals surface area contributed by atoms with Crippen LogP contribution in [0, 0.1) is 17.0 Å². The van der Waals surface area contributed by atoms with Gasteiger partial charge in [0.2, 0.25) is 5.82 Å². The van der Waals surface area contributed by atoms with Crippen LogP contribution in [0.2, 0.25) is 0 Å². The van der Waals surface area contributed by atoms with Crippen molar-refractivity contribution in [3.05, 3.63) is 77.1 Å². The van der Waals surface area contributed by atoms with Crippen molar-refractivity contribution in [3.8, 4) is 23.0 Å². The Balaban J connectivity index is 1.48. The molecule has 3 aromatic heterocycles. The van der Waals surface area contributed by atoms with E-state index in [1.165, 1.54) is 24.5 Å². The molecule has 1 aromatic carbocycles. The highest BCUT2D eigenvalue weighted by Crippen LogP contribution is 2.69. The molecule has 2 bridgehead atoms. The highest BCUT2D eigenvalue weighted by molar-refractivity contribution is 5.64. The van der Waals surface area contributed by atoms with Crippen LogP contribution in [0.5, 0.6) is 0 Å². The van der Waals surface area contributed by atoms with Gasteiger partial charge in [0.15, 0.2) is 0 Å². The molecule has 0 amide bonds. The molecule has 184 valence electrons. The lowest BCUT2D eigenvalue weighted by Gasteiger charge is -2.37. The third kappa shape index (κ3) is 3.01. The summed E-state index contributed by atoms with van der Waals surface area (Å²) < 4.78 is 34.6. The Bertz CT molecular complexity index is 1490. The Morgan fingerprint density at radius 1 is 1.08 bits per heavy atom. The first-order chi connectivity index (χ1) is 17.0. The summed E-state index contributed by atoms with van der Waals surface area (Å²) in [5, 5.41) is 19.1. The summed E-state index contributed by atoms with van der Waals surface area (Å²) in [5.74, 6) is -0.689. The van der Waals surface area contributed by atoms with Crippen molar-refractivity contribution in [2.24, 2.45) is 5.41 Å². The number of rotatable bonds is 4. The first kappa shape index (κ1) is 22.8. The molecule has 0 aliphatic heterocycles. The molecule has 7 nitrogen and oxygen atoms in total. The molecule has 3 heterocycles. The number of fused-ring (bicyclic) bond motifs is 5. The summed E-state index contributed by atoms with van der Waals surface area (Å²) >= 11 is 0. The Hall–Kier alpha value is -3.59. The second-order valence-electron chi connectivity index (χ2n) is 10.7. The summed E-state index contributed by atoms with van der Waals surface area (Å²) in [4.78, 5) is 13.6. The second-order valence-corrected chi connectivity index (χ2v) is 10.7. The Morgan fingerprint density at radius 2 is 1.83 bits per heavy atom. The van der Waals surface area contributed by atoms with Crippen LogP contribution in [0.15, 0.2) is 47.2 Å². The summed E-state index contributed by atoms with van der Waals surface area (Å²) in [6.07, 6.45) is 4.75. The number of hydrogen-bond acceptors (Lipinski definition) is 7. The van der Waals surface area contributed by atoms with Crippen molar-refractivity contribution in [1.82, 2.24) is 25.1 Å². The van der Waals surface area contributed by atoms with Gasteiger partial charge in [0.05, 0.1) is 28.1 Å². The molecule has 0 radical (unpaired) electrons. The molecule has 6 rings (SSSR count). The van der Waals surface area contributed by atoms with Gasteiger partial charge in [-0.3, -0.25) is 0 Å². The molecular formula is C27H25F2N5O2. The first-order valence-electron chi connectivity index (χ1n) is 11.9. The van der Waals surface area contributed by atoms with Crippen molar-refractivity contribution in [3.63, 3.8) is 0 Å². The zero-order chi connectivity index (χ0) is 25.5. The van der Waals surface area contributed by atoms with Crippen molar-refractivity contribution in [2.45, 2.75) is 57.5 Å². The maximum atomic E-state index is 14.5. The topological polar surface area (TPSA) is 97.8 Å². The predicted octanol–water partition coefficient (Wildman–Crippen LogP) is 5.30. The van der Waals surface area contributed by atoms with E-state index in [1.807, 2.05) is 6.07 Å². The van der Waals surface area contributed by atoms with Crippen LogP contribution in [-0.4, -0.2) is 30.3 Å². The van der Waals surface area contributed by atoms with Crippen LogP contribution in [0.4, 0.5) is 8.78 Å². The number of halogens is 2.